The predicted octanol–water partition coefficient (Wildman–Crippen LogP) is 2.12. The number of rotatable bonds is 2. The molecule has 4 nitrogen and oxygen atoms in total. The van der Waals surface area contributed by atoms with Crippen LogP contribution in [0.1, 0.15) is 22.8 Å². The van der Waals surface area contributed by atoms with Crippen molar-refractivity contribution in [1.29, 1.82) is 5.26 Å². The summed E-state index contributed by atoms with van der Waals surface area (Å²) in [5.74, 6) is -0.193. The molecule has 2 rings (SSSR count). The van der Waals surface area contributed by atoms with Crippen LogP contribution in [0.5, 0.6) is 0 Å². The largest absolute Gasteiger partial charge is 0.320 e. The van der Waals surface area contributed by atoms with Crippen molar-refractivity contribution < 1.29 is 4.79 Å². The Hall–Kier alpha value is -2.67. The minimum atomic E-state index is -0.485. The van der Waals surface area contributed by atoms with E-state index < -0.39 is 5.56 Å². The van der Waals surface area contributed by atoms with Crippen molar-refractivity contribution >= 4 is 5.78 Å². The average molecular weight is 238 g/mol. The third kappa shape index (κ3) is 2.06. The standard InChI is InChI=1S/C14H10N2O2/c1-9(17)12-7-11(8-15)14(18)16-13(12)10-5-3-2-4-6-10/h2-7H,1H3,(H,16,18). The highest BCUT2D eigenvalue weighted by molar-refractivity contribution is 6.00. The molecule has 0 aliphatic heterocycles. The second-order valence-corrected chi connectivity index (χ2v) is 3.83. The Balaban J connectivity index is 2.76. The molecule has 0 fully saturated rings. The Morgan fingerprint density at radius 1 is 1.28 bits per heavy atom. The van der Waals surface area contributed by atoms with E-state index in [0.717, 1.165) is 5.56 Å². The predicted molar refractivity (Wildman–Crippen MR) is 67.2 cm³/mol. The Bertz CT molecular complexity index is 694. The number of Topliss-reactive ketones (excluding diaryl/α,β-unsaturated/α-hetero) is 1. The molecule has 0 aliphatic rings. The summed E-state index contributed by atoms with van der Waals surface area (Å²) >= 11 is 0. The van der Waals surface area contributed by atoms with Gasteiger partial charge in [0.25, 0.3) is 5.56 Å². The third-order valence-electron chi connectivity index (χ3n) is 2.60. The number of carbonyl (C=O) groups is 1. The summed E-state index contributed by atoms with van der Waals surface area (Å²) < 4.78 is 0. The van der Waals surface area contributed by atoms with Crippen molar-refractivity contribution in [2.75, 3.05) is 0 Å². The molecule has 0 radical (unpaired) electrons. The summed E-state index contributed by atoms with van der Waals surface area (Å²) in [4.78, 5) is 25.8. The fraction of sp³-hybridized carbons (Fsp3) is 0.0714. The van der Waals surface area contributed by atoms with Gasteiger partial charge in [-0.1, -0.05) is 30.3 Å². The van der Waals surface area contributed by atoms with Crippen LogP contribution in [0.15, 0.2) is 41.2 Å². The lowest BCUT2D eigenvalue weighted by molar-refractivity contribution is 0.101. The van der Waals surface area contributed by atoms with Gasteiger partial charge in [0.2, 0.25) is 0 Å². The molecule has 1 N–H and O–H groups in total. The molecule has 4 heteroatoms. The fourth-order valence-electron chi connectivity index (χ4n) is 1.72. The van der Waals surface area contributed by atoms with Crippen LogP contribution in [-0.2, 0) is 0 Å². The van der Waals surface area contributed by atoms with Gasteiger partial charge < -0.3 is 4.98 Å². The number of hydrogen-bond donors (Lipinski definition) is 1. The first-order valence-corrected chi connectivity index (χ1v) is 5.37. The van der Waals surface area contributed by atoms with Gasteiger partial charge in [0.1, 0.15) is 11.6 Å². The number of hydrogen-bond acceptors (Lipinski definition) is 3. The summed E-state index contributed by atoms with van der Waals surface area (Å²) in [5.41, 5.74) is 0.995. The maximum atomic E-state index is 11.6. The van der Waals surface area contributed by atoms with Crippen LogP contribution < -0.4 is 5.56 Å². The molecule has 0 saturated carbocycles. The normalized spacial score (nSPS) is 9.78. The Labute approximate surface area is 104 Å². The van der Waals surface area contributed by atoms with E-state index in [0.29, 0.717) is 11.3 Å². The number of aromatic nitrogens is 1. The van der Waals surface area contributed by atoms with Crippen molar-refractivity contribution in [1.82, 2.24) is 4.98 Å². The van der Waals surface area contributed by atoms with Gasteiger partial charge in [-0.05, 0) is 18.6 Å². The summed E-state index contributed by atoms with van der Waals surface area (Å²) in [6.07, 6.45) is 0. The number of nitrogens with one attached hydrogen (secondary N) is 1. The highest BCUT2D eigenvalue weighted by Gasteiger charge is 2.13. The molecule has 1 heterocycles. The number of pyridine rings is 1. The zero-order valence-corrected chi connectivity index (χ0v) is 9.73. The second-order valence-electron chi connectivity index (χ2n) is 3.83. The van der Waals surface area contributed by atoms with Crippen LogP contribution in [0.4, 0.5) is 0 Å². The number of benzene rings is 1. The topological polar surface area (TPSA) is 73.7 Å². The van der Waals surface area contributed by atoms with Gasteiger partial charge in [0, 0.05) is 5.56 Å². The van der Waals surface area contributed by atoms with Crippen molar-refractivity contribution in [2.45, 2.75) is 6.92 Å². The van der Waals surface area contributed by atoms with Gasteiger partial charge in [0.05, 0.1) is 5.69 Å². The second kappa shape index (κ2) is 4.68. The van der Waals surface area contributed by atoms with E-state index in [4.69, 9.17) is 5.26 Å². The van der Waals surface area contributed by atoms with Crippen LogP contribution in [0.3, 0.4) is 0 Å². The van der Waals surface area contributed by atoms with Crippen LogP contribution in [0.2, 0.25) is 0 Å². The fourth-order valence-corrected chi connectivity index (χ4v) is 1.72. The average Bonchev–Trinajstić information content (AvgIpc) is 2.39. The number of H-pyrrole nitrogens is 1. The van der Waals surface area contributed by atoms with Gasteiger partial charge in [-0.15, -0.1) is 0 Å². The smallest absolute Gasteiger partial charge is 0.266 e. The zero-order chi connectivity index (χ0) is 13.1. The first kappa shape index (κ1) is 11.8. The summed E-state index contributed by atoms with van der Waals surface area (Å²) in [5, 5.41) is 8.80. The Kier molecular flexibility index (Phi) is 3.07. The quantitative estimate of drug-likeness (QED) is 0.814. The van der Waals surface area contributed by atoms with Gasteiger partial charge >= 0.3 is 0 Å². The number of nitriles is 1. The molecule has 0 aliphatic carbocycles. The molecular weight excluding hydrogens is 228 g/mol. The molecule has 2 aromatic rings. The number of nitrogens with zero attached hydrogens (tertiary/aromatic N) is 1. The van der Waals surface area contributed by atoms with E-state index in [2.05, 4.69) is 4.98 Å². The molecule has 0 spiro atoms. The van der Waals surface area contributed by atoms with Gasteiger partial charge in [-0.3, -0.25) is 9.59 Å². The SMILES string of the molecule is CC(=O)c1cc(C#N)c(=O)[nH]c1-c1ccccc1. The number of carbonyl (C=O) groups excluding carboxylic acids is 1. The highest BCUT2D eigenvalue weighted by Crippen LogP contribution is 2.20. The first-order valence-electron chi connectivity index (χ1n) is 5.37. The van der Waals surface area contributed by atoms with E-state index >= 15 is 0 Å². The Morgan fingerprint density at radius 3 is 2.50 bits per heavy atom. The van der Waals surface area contributed by atoms with E-state index in [1.807, 2.05) is 18.2 Å². The number of aromatic amines is 1. The molecule has 0 unspecified atom stereocenters. The third-order valence-corrected chi connectivity index (χ3v) is 2.60. The molecule has 0 bridgehead atoms. The van der Waals surface area contributed by atoms with Gasteiger partial charge in [-0.25, -0.2) is 0 Å². The lowest BCUT2D eigenvalue weighted by atomic mass is 10.0. The Morgan fingerprint density at radius 2 is 1.94 bits per heavy atom. The minimum absolute atomic E-state index is 0.0557. The van der Waals surface area contributed by atoms with Crippen LogP contribution in [0.25, 0.3) is 11.3 Å². The molecule has 18 heavy (non-hydrogen) atoms. The maximum absolute atomic E-state index is 11.6. The number of ketones is 1. The summed E-state index contributed by atoms with van der Waals surface area (Å²) in [7, 11) is 0. The zero-order valence-electron chi connectivity index (χ0n) is 9.73. The van der Waals surface area contributed by atoms with Crippen LogP contribution >= 0.6 is 0 Å². The van der Waals surface area contributed by atoms with E-state index in [1.54, 1.807) is 18.2 Å². The molecule has 0 atom stereocenters. The monoisotopic (exact) mass is 238 g/mol. The van der Waals surface area contributed by atoms with Gasteiger partial charge in [-0.2, -0.15) is 5.26 Å². The van der Waals surface area contributed by atoms with Crippen LogP contribution in [0, 0.1) is 11.3 Å². The van der Waals surface area contributed by atoms with Crippen molar-refractivity contribution in [3.8, 4) is 17.3 Å². The van der Waals surface area contributed by atoms with E-state index in [1.165, 1.54) is 13.0 Å². The lowest BCUT2D eigenvalue weighted by Crippen LogP contribution is -2.14. The molecule has 88 valence electrons. The van der Waals surface area contributed by atoms with E-state index in [9.17, 15) is 9.59 Å². The molecule has 0 amide bonds. The first-order chi connectivity index (χ1) is 8.63. The lowest BCUT2D eigenvalue weighted by Gasteiger charge is -2.07. The van der Waals surface area contributed by atoms with Crippen molar-refractivity contribution in [3.63, 3.8) is 0 Å². The van der Waals surface area contributed by atoms with Crippen molar-refractivity contribution in [3.05, 3.63) is 57.9 Å². The molecule has 0 saturated heterocycles. The van der Waals surface area contributed by atoms with E-state index in [-0.39, 0.29) is 11.3 Å². The molecular formula is C14H10N2O2. The van der Waals surface area contributed by atoms with Crippen molar-refractivity contribution in [2.24, 2.45) is 0 Å². The molecule has 1 aromatic carbocycles. The summed E-state index contributed by atoms with van der Waals surface area (Å²) in [6, 6.07) is 12.2. The summed E-state index contributed by atoms with van der Waals surface area (Å²) in [6.45, 7) is 1.40. The maximum Gasteiger partial charge on any atom is 0.266 e. The molecule has 1 aromatic heterocycles. The van der Waals surface area contributed by atoms with Gasteiger partial charge in [0.15, 0.2) is 5.78 Å². The highest BCUT2D eigenvalue weighted by atomic mass is 16.1. The minimum Gasteiger partial charge on any atom is -0.320 e. The van der Waals surface area contributed by atoms with Crippen LogP contribution in [-0.4, -0.2) is 10.8 Å².